The van der Waals surface area contributed by atoms with E-state index in [0.717, 1.165) is 5.56 Å². The Kier molecular flexibility index (Phi) is 6.43. The van der Waals surface area contributed by atoms with Gasteiger partial charge < -0.3 is 10.1 Å². The van der Waals surface area contributed by atoms with Crippen molar-refractivity contribution in [3.63, 3.8) is 0 Å². The molecule has 0 aliphatic heterocycles. The molecule has 0 radical (unpaired) electrons. The van der Waals surface area contributed by atoms with Crippen LogP contribution in [-0.4, -0.2) is 25.5 Å². The molecule has 0 unspecified atom stereocenters. The summed E-state index contributed by atoms with van der Waals surface area (Å²) in [6.45, 7) is 2.16. The normalized spacial score (nSPS) is 10.9. The summed E-state index contributed by atoms with van der Waals surface area (Å²) >= 11 is 12.1. The number of amides is 1. The minimum Gasteiger partial charge on any atom is -0.471 e. The predicted molar refractivity (Wildman–Crippen MR) is 120 cm³/mol. The molecular weight excluding hydrogens is 456 g/mol. The van der Waals surface area contributed by atoms with Crippen molar-refractivity contribution >= 4 is 34.8 Å². The van der Waals surface area contributed by atoms with Crippen LogP contribution in [0.25, 0.3) is 0 Å². The Bertz CT molecular complexity index is 1250. The third-order valence-corrected chi connectivity index (χ3v) is 5.42. The number of rotatable bonds is 7. The third kappa shape index (κ3) is 5.09. The van der Waals surface area contributed by atoms with Gasteiger partial charge in [-0.25, -0.2) is 9.07 Å². The molecule has 1 amide bonds. The molecule has 4 rings (SSSR count). The van der Waals surface area contributed by atoms with E-state index in [-0.39, 0.29) is 19.0 Å². The standard InChI is InChI=1S/C22H18Cl2FN5O2/c1-14-9-16(5-6-18(14)23)32-13-29-8-7-21(28-29)22(31)27-15-10-26-30(11-15)12-17-19(24)3-2-4-20(17)25/h2-11H,12-13H2,1H3,(H,27,31). The Morgan fingerprint density at radius 2 is 2.00 bits per heavy atom. The number of ether oxygens (including phenoxy) is 1. The minimum atomic E-state index is -0.417. The van der Waals surface area contributed by atoms with Crippen molar-refractivity contribution in [3.8, 4) is 5.75 Å². The molecule has 0 bridgehead atoms. The fraction of sp³-hybridized carbons (Fsp3) is 0.136. The highest BCUT2D eigenvalue weighted by atomic mass is 35.5. The van der Waals surface area contributed by atoms with Gasteiger partial charge in [0.15, 0.2) is 12.4 Å². The Hall–Kier alpha value is -3.36. The topological polar surface area (TPSA) is 74.0 Å². The highest BCUT2D eigenvalue weighted by Crippen LogP contribution is 2.22. The van der Waals surface area contributed by atoms with E-state index < -0.39 is 11.7 Å². The molecule has 0 saturated heterocycles. The number of hydrogen-bond acceptors (Lipinski definition) is 4. The summed E-state index contributed by atoms with van der Waals surface area (Å²) < 4.78 is 22.6. The monoisotopic (exact) mass is 473 g/mol. The summed E-state index contributed by atoms with van der Waals surface area (Å²) in [7, 11) is 0. The molecule has 0 atom stereocenters. The molecule has 7 nitrogen and oxygen atoms in total. The lowest BCUT2D eigenvalue weighted by molar-refractivity contribution is 0.102. The summed E-state index contributed by atoms with van der Waals surface area (Å²) in [5.41, 5.74) is 1.89. The zero-order valence-electron chi connectivity index (χ0n) is 16.9. The lowest BCUT2D eigenvalue weighted by atomic mass is 10.2. The molecule has 2 heterocycles. The van der Waals surface area contributed by atoms with Crippen molar-refractivity contribution < 1.29 is 13.9 Å². The van der Waals surface area contributed by atoms with E-state index in [1.54, 1.807) is 36.7 Å². The van der Waals surface area contributed by atoms with E-state index in [1.807, 2.05) is 13.0 Å². The molecule has 2 aromatic carbocycles. The number of anilines is 1. The van der Waals surface area contributed by atoms with Crippen molar-refractivity contribution in [1.29, 1.82) is 0 Å². The Labute approximate surface area is 193 Å². The predicted octanol–water partition coefficient (Wildman–Crippen LogP) is 5.17. The fourth-order valence-corrected chi connectivity index (χ4v) is 3.30. The highest BCUT2D eigenvalue weighted by molar-refractivity contribution is 6.31. The molecule has 164 valence electrons. The van der Waals surface area contributed by atoms with Crippen LogP contribution >= 0.6 is 23.2 Å². The van der Waals surface area contributed by atoms with E-state index >= 15 is 0 Å². The first-order chi connectivity index (χ1) is 15.4. The van der Waals surface area contributed by atoms with Crippen LogP contribution in [0, 0.1) is 12.7 Å². The summed E-state index contributed by atoms with van der Waals surface area (Å²) in [5, 5.41) is 12.1. The van der Waals surface area contributed by atoms with Crippen LogP contribution in [0.1, 0.15) is 21.6 Å². The molecule has 4 aromatic rings. The first-order valence-electron chi connectivity index (χ1n) is 9.58. The number of carbonyl (C=O) groups is 1. The van der Waals surface area contributed by atoms with Crippen LogP contribution in [0.3, 0.4) is 0 Å². The molecule has 1 N–H and O–H groups in total. The van der Waals surface area contributed by atoms with Crippen LogP contribution < -0.4 is 10.1 Å². The van der Waals surface area contributed by atoms with Gasteiger partial charge in [-0.15, -0.1) is 0 Å². The number of nitrogens with zero attached hydrogens (tertiary/aromatic N) is 4. The van der Waals surface area contributed by atoms with Crippen molar-refractivity contribution in [2.45, 2.75) is 20.2 Å². The second-order valence-corrected chi connectivity index (χ2v) is 7.82. The van der Waals surface area contributed by atoms with E-state index in [4.69, 9.17) is 27.9 Å². The maximum absolute atomic E-state index is 14.0. The number of hydrogen-bond donors (Lipinski definition) is 1. The molecule has 0 aliphatic rings. The van der Waals surface area contributed by atoms with Gasteiger partial charge in [-0.3, -0.25) is 9.48 Å². The average Bonchev–Trinajstić information content (AvgIpc) is 3.41. The van der Waals surface area contributed by atoms with E-state index in [0.29, 0.717) is 27.0 Å². The molecule has 0 fully saturated rings. The van der Waals surface area contributed by atoms with E-state index in [2.05, 4.69) is 15.5 Å². The van der Waals surface area contributed by atoms with Gasteiger partial charge >= 0.3 is 0 Å². The SMILES string of the molecule is Cc1cc(OCn2ccc(C(=O)Nc3cnn(Cc4c(F)cccc4Cl)c3)n2)ccc1Cl. The number of aromatic nitrogens is 4. The number of benzene rings is 2. The van der Waals surface area contributed by atoms with E-state index in [1.165, 1.54) is 27.7 Å². The van der Waals surface area contributed by atoms with Crippen LogP contribution in [0.4, 0.5) is 10.1 Å². The van der Waals surface area contributed by atoms with Crippen LogP contribution in [-0.2, 0) is 13.3 Å². The summed E-state index contributed by atoms with van der Waals surface area (Å²) in [4.78, 5) is 12.5. The van der Waals surface area contributed by atoms with Gasteiger partial charge in [0.05, 0.1) is 18.4 Å². The molecule has 0 spiro atoms. The number of carbonyl (C=O) groups excluding carboxylic acids is 1. The van der Waals surface area contributed by atoms with Gasteiger partial charge in [0, 0.05) is 28.0 Å². The van der Waals surface area contributed by atoms with Crippen LogP contribution in [0.2, 0.25) is 10.0 Å². The van der Waals surface area contributed by atoms with Crippen LogP contribution in [0.15, 0.2) is 61.1 Å². The molecule has 2 aromatic heterocycles. The first kappa shape index (κ1) is 21.9. The van der Waals surface area contributed by atoms with Gasteiger partial charge in [0.25, 0.3) is 5.91 Å². The van der Waals surface area contributed by atoms with Crippen molar-refractivity contribution in [2.75, 3.05) is 5.32 Å². The Morgan fingerprint density at radius 3 is 2.78 bits per heavy atom. The molecule has 0 aliphatic carbocycles. The summed E-state index contributed by atoms with van der Waals surface area (Å²) in [6.07, 6.45) is 4.69. The van der Waals surface area contributed by atoms with Crippen molar-refractivity contribution in [2.24, 2.45) is 0 Å². The van der Waals surface area contributed by atoms with Crippen molar-refractivity contribution in [3.05, 3.63) is 93.7 Å². The number of nitrogens with one attached hydrogen (secondary N) is 1. The molecule has 10 heteroatoms. The van der Waals surface area contributed by atoms with Gasteiger partial charge in [0.2, 0.25) is 0 Å². The Balaban J connectivity index is 1.35. The van der Waals surface area contributed by atoms with Crippen molar-refractivity contribution in [1.82, 2.24) is 19.6 Å². The second-order valence-electron chi connectivity index (χ2n) is 7.01. The number of aryl methyl sites for hydroxylation is 1. The molecule has 32 heavy (non-hydrogen) atoms. The highest BCUT2D eigenvalue weighted by Gasteiger charge is 2.13. The smallest absolute Gasteiger partial charge is 0.276 e. The maximum atomic E-state index is 14.0. The third-order valence-electron chi connectivity index (χ3n) is 4.64. The Morgan fingerprint density at radius 1 is 1.16 bits per heavy atom. The lowest BCUT2D eigenvalue weighted by Gasteiger charge is -2.07. The van der Waals surface area contributed by atoms with Gasteiger partial charge in [-0.05, 0) is 48.9 Å². The van der Waals surface area contributed by atoms with E-state index in [9.17, 15) is 9.18 Å². The average molecular weight is 474 g/mol. The maximum Gasteiger partial charge on any atom is 0.276 e. The zero-order valence-corrected chi connectivity index (χ0v) is 18.4. The van der Waals surface area contributed by atoms with Gasteiger partial charge in [0.1, 0.15) is 11.6 Å². The fourth-order valence-electron chi connectivity index (χ4n) is 2.96. The minimum absolute atomic E-state index is 0.135. The number of halogens is 3. The lowest BCUT2D eigenvalue weighted by Crippen LogP contribution is -2.14. The largest absolute Gasteiger partial charge is 0.471 e. The quantitative estimate of drug-likeness (QED) is 0.401. The summed E-state index contributed by atoms with van der Waals surface area (Å²) in [6, 6.07) is 11.4. The van der Waals surface area contributed by atoms with Crippen LogP contribution in [0.5, 0.6) is 5.75 Å². The second kappa shape index (κ2) is 9.42. The first-order valence-corrected chi connectivity index (χ1v) is 10.3. The molecular formula is C22H18Cl2FN5O2. The van der Waals surface area contributed by atoms with Gasteiger partial charge in [-0.1, -0.05) is 29.3 Å². The zero-order chi connectivity index (χ0) is 22.7. The molecule has 0 saturated carbocycles. The summed E-state index contributed by atoms with van der Waals surface area (Å²) in [5.74, 6) is -0.176. The van der Waals surface area contributed by atoms with Gasteiger partial charge in [-0.2, -0.15) is 10.2 Å².